The molecule has 2 N–H and O–H groups in total. The highest BCUT2D eigenvalue weighted by atomic mass is 16.2. The Morgan fingerprint density at radius 3 is 2.37 bits per heavy atom. The summed E-state index contributed by atoms with van der Waals surface area (Å²) in [5.74, 6) is 0.215. The van der Waals surface area contributed by atoms with E-state index in [0.717, 1.165) is 45.1 Å². The first-order valence-electron chi connectivity index (χ1n) is 7.78. The molecule has 0 spiro atoms. The van der Waals surface area contributed by atoms with Gasteiger partial charge in [-0.3, -0.25) is 9.69 Å². The zero-order valence-corrected chi connectivity index (χ0v) is 11.7. The van der Waals surface area contributed by atoms with E-state index in [-0.39, 0.29) is 5.91 Å². The second-order valence-electron chi connectivity index (χ2n) is 6.14. The van der Waals surface area contributed by atoms with E-state index in [1.807, 2.05) is 0 Å². The average Bonchev–Trinajstić information content (AvgIpc) is 3.25. The molecule has 0 aromatic rings. The number of nitrogens with one attached hydrogen (secondary N) is 2. The molecule has 5 heteroatoms. The van der Waals surface area contributed by atoms with Crippen LogP contribution < -0.4 is 10.6 Å². The zero-order chi connectivity index (χ0) is 13.1. The van der Waals surface area contributed by atoms with Crippen LogP contribution in [-0.4, -0.2) is 73.6 Å². The minimum absolute atomic E-state index is 0.215. The van der Waals surface area contributed by atoms with Crippen molar-refractivity contribution in [3.8, 4) is 0 Å². The van der Waals surface area contributed by atoms with E-state index < -0.39 is 0 Å². The number of amides is 1. The Morgan fingerprint density at radius 2 is 1.74 bits per heavy atom. The van der Waals surface area contributed by atoms with Crippen molar-refractivity contribution < 1.29 is 4.79 Å². The molecule has 1 aliphatic carbocycles. The summed E-state index contributed by atoms with van der Waals surface area (Å²) < 4.78 is 0. The Kier molecular flexibility index (Phi) is 4.35. The summed E-state index contributed by atoms with van der Waals surface area (Å²) in [6, 6.07) is 1.28. The fourth-order valence-corrected chi connectivity index (χ4v) is 3.19. The summed E-state index contributed by atoms with van der Waals surface area (Å²) in [7, 11) is 0. The van der Waals surface area contributed by atoms with Crippen molar-refractivity contribution in [2.24, 2.45) is 0 Å². The van der Waals surface area contributed by atoms with Gasteiger partial charge in [0.05, 0.1) is 6.54 Å². The maximum atomic E-state index is 12.0. The van der Waals surface area contributed by atoms with Crippen LogP contribution in [0.4, 0.5) is 0 Å². The first-order chi connectivity index (χ1) is 9.31. The molecule has 1 saturated carbocycles. The highest BCUT2D eigenvalue weighted by Crippen LogP contribution is 2.29. The molecular weight excluding hydrogens is 240 g/mol. The minimum atomic E-state index is 0.215. The summed E-state index contributed by atoms with van der Waals surface area (Å²) in [6.07, 6.45) is 5.04. The number of nitrogens with zero attached hydrogens (tertiary/aromatic N) is 2. The fourth-order valence-electron chi connectivity index (χ4n) is 3.19. The monoisotopic (exact) mass is 266 g/mol. The number of piperidine rings is 1. The third-order valence-corrected chi connectivity index (χ3v) is 4.53. The summed E-state index contributed by atoms with van der Waals surface area (Å²) in [5.41, 5.74) is 0. The van der Waals surface area contributed by atoms with E-state index in [1.54, 1.807) is 0 Å². The molecule has 3 rings (SSSR count). The van der Waals surface area contributed by atoms with Gasteiger partial charge in [0, 0.05) is 51.4 Å². The van der Waals surface area contributed by atoms with E-state index in [4.69, 9.17) is 0 Å². The highest BCUT2D eigenvalue weighted by Gasteiger charge is 2.32. The van der Waals surface area contributed by atoms with Crippen LogP contribution in [0, 0.1) is 0 Å². The van der Waals surface area contributed by atoms with Crippen molar-refractivity contribution >= 4 is 5.91 Å². The Hall–Kier alpha value is -0.650. The Labute approximate surface area is 115 Å². The standard InChI is InChI=1S/C14H26N4O/c19-14(11-17-9-5-15-6-10-17)16-12-3-7-18(8-4-12)13-1-2-13/h12-13,15H,1-11H2,(H,16,19). The first kappa shape index (κ1) is 13.3. The fraction of sp³-hybridized carbons (Fsp3) is 0.929. The van der Waals surface area contributed by atoms with Crippen LogP contribution in [0.15, 0.2) is 0 Å². The van der Waals surface area contributed by atoms with Crippen LogP contribution in [0.25, 0.3) is 0 Å². The van der Waals surface area contributed by atoms with E-state index in [0.29, 0.717) is 12.6 Å². The molecule has 0 atom stereocenters. The third-order valence-electron chi connectivity index (χ3n) is 4.53. The quantitative estimate of drug-likeness (QED) is 0.729. The summed E-state index contributed by atoms with van der Waals surface area (Å²) in [5, 5.41) is 6.53. The summed E-state index contributed by atoms with van der Waals surface area (Å²) in [6.45, 7) is 6.91. The predicted octanol–water partition coefficient (Wildman–Crippen LogP) is -0.365. The van der Waals surface area contributed by atoms with Gasteiger partial charge in [0.2, 0.25) is 5.91 Å². The van der Waals surface area contributed by atoms with Crippen molar-refractivity contribution in [3.63, 3.8) is 0 Å². The molecule has 3 aliphatic rings. The number of carbonyl (C=O) groups is 1. The lowest BCUT2D eigenvalue weighted by Crippen LogP contribution is -2.51. The molecule has 108 valence electrons. The molecule has 1 amide bonds. The molecule has 5 nitrogen and oxygen atoms in total. The van der Waals surface area contributed by atoms with Gasteiger partial charge >= 0.3 is 0 Å². The van der Waals surface area contributed by atoms with E-state index in [9.17, 15) is 4.79 Å². The Balaban J connectivity index is 1.35. The lowest BCUT2D eigenvalue weighted by Gasteiger charge is -2.33. The Morgan fingerprint density at radius 1 is 1.05 bits per heavy atom. The second-order valence-corrected chi connectivity index (χ2v) is 6.14. The normalized spacial score (nSPS) is 27.4. The topological polar surface area (TPSA) is 47.6 Å². The summed E-state index contributed by atoms with van der Waals surface area (Å²) in [4.78, 5) is 16.9. The first-order valence-corrected chi connectivity index (χ1v) is 7.78. The molecule has 19 heavy (non-hydrogen) atoms. The highest BCUT2D eigenvalue weighted by molar-refractivity contribution is 5.78. The molecule has 0 radical (unpaired) electrons. The molecule has 3 fully saturated rings. The molecule has 0 aromatic heterocycles. The van der Waals surface area contributed by atoms with Crippen molar-refractivity contribution in [1.82, 2.24) is 20.4 Å². The predicted molar refractivity (Wildman–Crippen MR) is 75.1 cm³/mol. The van der Waals surface area contributed by atoms with Crippen LogP contribution in [-0.2, 0) is 4.79 Å². The summed E-state index contributed by atoms with van der Waals surface area (Å²) >= 11 is 0. The van der Waals surface area contributed by atoms with Gasteiger partial charge in [0.15, 0.2) is 0 Å². The van der Waals surface area contributed by atoms with E-state index in [2.05, 4.69) is 20.4 Å². The lowest BCUT2D eigenvalue weighted by molar-refractivity contribution is -0.123. The number of hydrogen-bond acceptors (Lipinski definition) is 4. The second kappa shape index (κ2) is 6.20. The SMILES string of the molecule is O=C(CN1CCNCC1)NC1CCN(C2CC2)CC1. The maximum Gasteiger partial charge on any atom is 0.234 e. The minimum Gasteiger partial charge on any atom is -0.352 e. The van der Waals surface area contributed by atoms with Gasteiger partial charge in [0.1, 0.15) is 0 Å². The molecule has 2 aliphatic heterocycles. The average molecular weight is 266 g/mol. The van der Waals surface area contributed by atoms with Gasteiger partial charge in [0.25, 0.3) is 0 Å². The molecule has 2 heterocycles. The van der Waals surface area contributed by atoms with Crippen LogP contribution in [0.2, 0.25) is 0 Å². The Bertz CT molecular complexity index is 305. The number of carbonyl (C=O) groups excluding carboxylic acids is 1. The third kappa shape index (κ3) is 3.91. The van der Waals surface area contributed by atoms with Gasteiger partial charge in [-0.05, 0) is 25.7 Å². The van der Waals surface area contributed by atoms with Crippen molar-refractivity contribution in [2.45, 2.75) is 37.8 Å². The van der Waals surface area contributed by atoms with Crippen molar-refractivity contribution in [2.75, 3.05) is 45.8 Å². The maximum absolute atomic E-state index is 12.0. The molecule has 2 saturated heterocycles. The number of hydrogen-bond donors (Lipinski definition) is 2. The van der Waals surface area contributed by atoms with E-state index >= 15 is 0 Å². The van der Waals surface area contributed by atoms with Gasteiger partial charge in [-0.1, -0.05) is 0 Å². The van der Waals surface area contributed by atoms with Gasteiger partial charge in [-0.25, -0.2) is 0 Å². The molecule has 0 bridgehead atoms. The molecule has 0 unspecified atom stereocenters. The lowest BCUT2D eigenvalue weighted by atomic mass is 10.0. The van der Waals surface area contributed by atoms with Crippen molar-refractivity contribution in [1.29, 1.82) is 0 Å². The van der Waals surface area contributed by atoms with Gasteiger partial charge in [-0.15, -0.1) is 0 Å². The number of piperazine rings is 1. The van der Waals surface area contributed by atoms with E-state index in [1.165, 1.54) is 25.9 Å². The number of likely N-dealkylation sites (tertiary alicyclic amines) is 1. The molecule has 0 aromatic carbocycles. The zero-order valence-electron chi connectivity index (χ0n) is 11.7. The number of rotatable bonds is 4. The van der Waals surface area contributed by atoms with Crippen molar-refractivity contribution in [3.05, 3.63) is 0 Å². The van der Waals surface area contributed by atoms with Crippen LogP contribution >= 0.6 is 0 Å². The van der Waals surface area contributed by atoms with Crippen LogP contribution in [0.3, 0.4) is 0 Å². The van der Waals surface area contributed by atoms with Gasteiger partial charge in [-0.2, -0.15) is 0 Å². The smallest absolute Gasteiger partial charge is 0.234 e. The van der Waals surface area contributed by atoms with Crippen LogP contribution in [0.5, 0.6) is 0 Å². The van der Waals surface area contributed by atoms with Gasteiger partial charge < -0.3 is 15.5 Å². The molecular formula is C14H26N4O. The largest absolute Gasteiger partial charge is 0.352 e. The van der Waals surface area contributed by atoms with Crippen LogP contribution in [0.1, 0.15) is 25.7 Å².